The summed E-state index contributed by atoms with van der Waals surface area (Å²) in [7, 11) is 0. The lowest BCUT2D eigenvalue weighted by atomic mass is 10.2. The first-order valence-corrected chi connectivity index (χ1v) is 5.63. The zero-order chi connectivity index (χ0) is 11.0. The molecule has 14 heavy (non-hydrogen) atoms. The van der Waals surface area contributed by atoms with Gasteiger partial charge in [0.1, 0.15) is 0 Å². The van der Waals surface area contributed by atoms with Gasteiger partial charge in [-0.3, -0.25) is 4.79 Å². The lowest BCUT2D eigenvalue weighted by molar-refractivity contribution is -0.131. The van der Waals surface area contributed by atoms with Gasteiger partial charge in [0.15, 0.2) is 0 Å². The van der Waals surface area contributed by atoms with E-state index in [0.29, 0.717) is 12.5 Å². The number of aliphatic carboxylic acids is 1. The lowest BCUT2D eigenvalue weighted by Crippen LogP contribution is -2.27. The summed E-state index contributed by atoms with van der Waals surface area (Å²) >= 11 is 1.72. The van der Waals surface area contributed by atoms with Crippen LogP contribution < -0.4 is 5.32 Å². The Morgan fingerprint density at radius 2 is 2.14 bits per heavy atom. The van der Waals surface area contributed by atoms with Gasteiger partial charge in [0.05, 0.1) is 0 Å². The van der Waals surface area contributed by atoms with Crippen LogP contribution >= 0.6 is 11.8 Å². The average molecular weight is 217 g/mol. The molecule has 2 N–H and O–H groups in total. The van der Waals surface area contributed by atoms with Crippen molar-refractivity contribution in [2.75, 3.05) is 18.6 Å². The normalized spacial score (nSPS) is 12.7. The van der Waals surface area contributed by atoms with Crippen molar-refractivity contribution in [1.82, 2.24) is 5.32 Å². The highest BCUT2D eigenvalue weighted by atomic mass is 32.2. The van der Waals surface area contributed by atoms with Crippen LogP contribution in [0.15, 0.2) is 12.2 Å². The van der Waals surface area contributed by atoms with E-state index in [1.165, 1.54) is 0 Å². The van der Waals surface area contributed by atoms with E-state index in [1.807, 2.05) is 13.2 Å². The molecule has 4 nitrogen and oxygen atoms in total. The second-order valence-electron chi connectivity index (χ2n) is 2.98. The predicted molar refractivity (Wildman–Crippen MR) is 57.3 cm³/mol. The summed E-state index contributed by atoms with van der Waals surface area (Å²) in [5.74, 6) is -0.104. The van der Waals surface area contributed by atoms with Gasteiger partial charge in [-0.05, 0) is 17.9 Å². The van der Waals surface area contributed by atoms with Crippen molar-refractivity contribution < 1.29 is 14.7 Å². The fourth-order valence-corrected chi connectivity index (χ4v) is 1.51. The summed E-state index contributed by atoms with van der Waals surface area (Å²) in [6.07, 6.45) is 3.85. The van der Waals surface area contributed by atoms with E-state index < -0.39 is 5.97 Å². The van der Waals surface area contributed by atoms with Gasteiger partial charge in [-0.2, -0.15) is 11.8 Å². The predicted octanol–water partition coefficient (Wildman–Crippen LogP) is 0.742. The van der Waals surface area contributed by atoms with Gasteiger partial charge in [-0.1, -0.05) is 6.92 Å². The third-order valence-corrected chi connectivity index (χ3v) is 2.36. The monoisotopic (exact) mass is 217 g/mol. The minimum Gasteiger partial charge on any atom is -0.478 e. The Balaban J connectivity index is 3.68. The fourth-order valence-electron chi connectivity index (χ4n) is 0.824. The Hall–Kier alpha value is -0.970. The van der Waals surface area contributed by atoms with Crippen LogP contribution in [0.2, 0.25) is 0 Å². The van der Waals surface area contributed by atoms with Crippen molar-refractivity contribution in [3.63, 3.8) is 0 Å². The molecule has 0 aliphatic rings. The van der Waals surface area contributed by atoms with Gasteiger partial charge in [0.25, 0.3) is 0 Å². The molecule has 0 spiro atoms. The number of hydrogen-bond donors (Lipinski definition) is 2. The average Bonchev–Trinajstić information content (AvgIpc) is 2.12. The number of thioether (sulfide) groups is 1. The van der Waals surface area contributed by atoms with Gasteiger partial charge in [-0.25, -0.2) is 4.79 Å². The van der Waals surface area contributed by atoms with E-state index in [0.717, 1.165) is 17.9 Å². The third kappa shape index (κ3) is 7.67. The Labute approximate surface area is 87.8 Å². The number of carbonyl (C=O) groups excluding carboxylic acids is 1. The van der Waals surface area contributed by atoms with E-state index in [9.17, 15) is 9.59 Å². The molecule has 1 amide bonds. The van der Waals surface area contributed by atoms with Gasteiger partial charge in [0.2, 0.25) is 5.91 Å². The lowest BCUT2D eigenvalue weighted by Gasteiger charge is -2.09. The molecule has 80 valence electrons. The van der Waals surface area contributed by atoms with Crippen LogP contribution in [0.4, 0.5) is 0 Å². The summed E-state index contributed by atoms with van der Waals surface area (Å²) < 4.78 is 0. The van der Waals surface area contributed by atoms with E-state index in [2.05, 4.69) is 5.32 Å². The van der Waals surface area contributed by atoms with Gasteiger partial charge >= 0.3 is 5.97 Å². The largest absolute Gasteiger partial charge is 0.478 e. The van der Waals surface area contributed by atoms with Crippen molar-refractivity contribution in [1.29, 1.82) is 0 Å². The summed E-state index contributed by atoms with van der Waals surface area (Å²) in [5.41, 5.74) is 0. The van der Waals surface area contributed by atoms with Crippen molar-refractivity contribution >= 4 is 23.6 Å². The Morgan fingerprint density at radius 3 is 2.64 bits per heavy atom. The molecule has 0 bridgehead atoms. The second kappa shape index (κ2) is 7.44. The summed E-state index contributed by atoms with van der Waals surface area (Å²) in [5, 5.41) is 10.9. The molecule has 0 saturated carbocycles. The van der Waals surface area contributed by atoms with Crippen LogP contribution in [-0.4, -0.2) is 35.5 Å². The molecule has 0 aromatic carbocycles. The number of carbonyl (C=O) groups is 2. The van der Waals surface area contributed by atoms with Crippen LogP contribution in [0.25, 0.3) is 0 Å². The molecule has 0 aromatic rings. The quantitative estimate of drug-likeness (QED) is 0.644. The molecule has 0 aliphatic heterocycles. The van der Waals surface area contributed by atoms with Gasteiger partial charge in [-0.15, -0.1) is 0 Å². The molecule has 0 fully saturated rings. The summed E-state index contributed by atoms with van der Waals surface area (Å²) in [6.45, 7) is 2.60. The van der Waals surface area contributed by atoms with Crippen LogP contribution in [0.1, 0.15) is 6.92 Å². The number of hydrogen-bond acceptors (Lipinski definition) is 3. The molecule has 0 aromatic heterocycles. The van der Waals surface area contributed by atoms with Crippen molar-refractivity contribution in [3.05, 3.63) is 12.2 Å². The number of amides is 1. The molecule has 0 heterocycles. The number of carboxylic acid groups (broad SMARTS) is 1. The standard InChI is InChI=1S/C9H15NO3S/c1-7(6-14-2)5-10-8(11)3-4-9(12)13/h3-4,7H,5-6H2,1-2H3,(H,10,11)(H,12,13). The zero-order valence-corrected chi connectivity index (χ0v) is 9.13. The Bertz CT molecular complexity index is 228. The molecule has 5 heteroatoms. The minimum atomic E-state index is -1.11. The first kappa shape index (κ1) is 13.0. The molecule has 0 aliphatic carbocycles. The highest BCUT2D eigenvalue weighted by Crippen LogP contribution is 2.02. The molecular formula is C9H15NO3S. The molecular weight excluding hydrogens is 202 g/mol. The van der Waals surface area contributed by atoms with E-state index in [-0.39, 0.29) is 5.91 Å². The maximum Gasteiger partial charge on any atom is 0.328 e. The molecule has 0 saturated heterocycles. The highest BCUT2D eigenvalue weighted by Gasteiger charge is 2.02. The third-order valence-electron chi connectivity index (χ3n) is 1.45. The van der Waals surface area contributed by atoms with E-state index >= 15 is 0 Å². The second-order valence-corrected chi connectivity index (χ2v) is 3.89. The van der Waals surface area contributed by atoms with Gasteiger partial charge in [0, 0.05) is 18.7 Å². The summed E-state index contributed by atoms with van der Waals surface area (Å²) in [6, 6.07) is 0. The molecule has 0 rings (SSSR count). The zero-order valence-electron chi connectivity index (χ0n) is 8.32. The maximum absolute atomic E-state index is 11.0. The molecule has 1 atom stereocenters. The van der Waals surface area contributed by atoms with Crippen LogP contribution in [0.3, 0.4) is 0 Å². The summed E-state index contributed by atoms with van der Waals surface area (Å²) in [4.78, 5) is 21.1. The smallest absolute Gasteiger partial charge is 0.328 e. The Morgan fingerprint density at radius 1 is 1.50 bits per heavy atom. The van der Waals surface area contributed by atoms with Crippen molar-refractivity contribution in [2.24, 2.45) is 5.92 Å². The Kier molecular flexibility index (Phi) is 6.92. The fraction of sp³-hybridized carbons (Fsp3) is 0.556. The SMILES string of the molecule is CSCC(C)CNC(=O)C=CC(=O)O. The molecule has 0 radical (unpaired) electrons. The molecule has 1 unspecified atom stereocenters. The van der Waals surface area contributed by atoms with Crippen molar-refractivity contribution in [3.8, 4) is 0 Å². The van der Waals surface area contributed by atoms with Crippen LogP contribution in [0, 0.1) is 5.92 Å². The van der Waals surface area contributed by atoms with E-state index in [4.69, 9.17) is 5.11 Å². The topological polar surface area (TPSA) is 66.4 Å². The van der Waals surface area contributed by atoms with Crippen molar-refractivity contribution in [2.45, 2.75) is 6.92 Å². The van der Waals surface area contributed by atoms with Crippen LogP contribution in [0.5, 0.6) is 0 Å². The number of nitrogens with one attached hydrogen (secondary N) is 1. The maximum atomic E-state index is 11.0. The van der Waals surface area contributed by atoms with Crippen LogP contribution in [-0.2, 0) is 9.59 Å². The van der Waals surface area contributed by atoms with E-state index in [1.54, 1.807) is 11.8 Å². The highest BCUT2D eigenvalue weighted by molar-refractivity contribution is 7.98. The number of carboxylic acids is 1. The van der Waals surface area contributed by atoms with Gasteiger partial charge < -0.3 is 10.4 Å². The first-order chi connectivity index (χ1) is 6.56. The first-order valence-electron chi connectivity index (χ1n) is 4.24. The number of rotatable bonds is 6. The minimum absolute atomic E-state index is 0.361.